The van der Waals surface area contributed by atoms with Crippen LogP contribution in [0.5, 0.6) is 0 Å². The van der Waals surface area contributed by atoms with Gasteiger partial charge in [-0.15, -0.1) is 0 Å². The molecule has 2 aliphatic rings. The monoisotopic (exact) mass is 308 g/mol. The minimum atomic E-state index is 0.713. The van der Waals surface area contributed by atoms with Gasteiger partial charge in [0.15, 0.2) is 0 Å². The molecule has 0 radical (unpaired) electrons. The Hall–Kier alpha value is -0.330. The van der Waals surface area contributed by atoms with Crippen LogP contribution in [0.3, 0.4) is 0 Å². The first-order valence-corrected chi connectivity index (χ1v) is 10.1. The molecule has 2 fully saturated rings. The molecule has 0 amide bonds. The quantitative estimate of drug-likeness (QED) is 0.409. The second-order valence-electron chi connectivity index (χ2n) is 8.00. The standard InChI is InChI=1S/C21H37F/c1-2-3-4-7-18-9-13-20(14-10-18)21-15-11-19(12-16-21)8-5-6-17-22/h6,17-21H,2-5,7-16H2,1H3/b17-6+/t18-,19-,20-,21-. The molecule has 128 valence electrons. The van der Waals surface area contributed by atoms with E-state index >= 15 is 0 Å². The van der Waals surface area contributed by atoms with Crippen LogP contribution in [0.25, 0.3) is 0 Å². The summed E-state index contributed by atoms with van der Waals surface area (Å²) in [7, 11) is 0. The average Bonchev–Trinajstić information content (AvgIpc) is 2.57. The van der Waals surface area contributed by atoms with E-state index in [1.807, 2.05) is 0 Å². The van der Waals surface area contributed by atoms with Crippen LogP contribution in [-0.4, -0.2) is 0 Å². The first-order valence-electron chi connectivity index (χ1n) is 10.1. The minimum Gasteiger partial charge on any atom is -0.216 e. The Bertz CT molecular complexity index is 293. The zero-order valence-corrected chi connectivity index (χ0v) is 14.7. The van der Waals surface area contributed by atoms with Crippen molar-refractivity contribution in [1.82, 2.24) is 0 Å². The molecule has 1 heteroatoms. The van der Waals surface area contributed by atoms with Crippen molar-refractivity contribution in [3.05, 3.63) is 12.4 Å². The fourth-order valence-electron chi connectivity index (χ4n) is 4.97. The lowest BCUT2D eigenvalue weighted by Crippen LogP contribution is -2.25. The maximum atomic E-state index is 12.0. The largest absolute Gasteiger partial charge is 0.216 e. The molecular formula is C21H37F. The predicted molar refractivity (Wildman–Crippen MR) is 94.5 cm³/mol. The third-order valence-corrected chi connectivity index (χ3v) is 6.50. The summed E-state index contributed by atoms with van der Waals surface area (Å²) in [6, 6.07) is 0. The van der Waals surface area contributed by atoms with E-state index < -0.39 is 0 Å². The fraction of sp³-hybridized carbons (Fsp3) is 0.905. The summed E-state index contributed by atoms with van der Waals surface area (Å²) in [5.74, 6) is 3.98. The molecule has 0 heterocycles. The fourth-order valence-corrected chi connectivity index (χ4v) is 4.97. The highest BCUT2D eigenvalue weighted by atomic mass is 19.1. The molecule has 0 N–H and O–H groups in total. The molecule has 0 nitrogen and oxygen atoms in total. The lowest BCUT2D eigenvalue weighted by atomic mass is 9.68. The topological polar surface area (TPSA) is 0 Å². The molecule has 0 aromatic carbocycles. The second kappa shape index (κ2) is 10.4. The van der Waals surface area contributed by atoms with E-state index in [2.05, 4.69) is 6.92 Å². The highest BCUT2D eigenvalue weighted by molar-refractivity contribution is 4.83. The van der Waals surface area contributed by atoms with Crippen molar-refractivity contribution in [2.75, 3.05) is 0 Å². The molecule has 2 rings (SSSR count). The third kappa shape index (κ3) is 6.05. The van der Waals surface area contributed by atoms with E-state index in [1.165, 1.54) is 83.5 Å². The lowest BCUT2D eigenvalue weighted by molar-refractivity contribution is 0.140. The Labute approximate surface area is 138 Å². The van der Waals surface area contributed by atoms with Crippen LogP contribution in [0.2, 0.25) is 0 Å². The van der Waals surface area contributed by atoms with Gasteiger partial charge in [0, 0.05) is 0 Å². The smallest absolute Gasteiger partial charge is 0.0827 e. The number of allylic oxidation sites excluding steroid dienone is 1. The first-order chi connectivity index (χ1) is 10.8. The van der Waals surface area contributed by atoms with E-state index in [0.717, 1.165) is 30.1 Å². The van der Waals surface area contributed by atoms with Crippen LogP contribution in [-0.2, 0) is 0 Å². The maximum Gasteiger partial charge on any atom is 0.0827 e. The van der Waals surface area contributed by atoms with Crippen LogP contribution in [0.1, 0.15) is 96.8 Å². The van der Waals surface area contributed by atoms with Gasteiger partial charge in [-0.3, -0.25) is 0 Å². The molecule has 0 aliphatic heterocycles. The lowest BCUT2D eigenvalue weighted by Gasteiger charge is -2.38. The van der Waals surface area contributed by atoms with Gasteiger partial charge in [0.2, 0.25) is 0 Å². The Morgan fingerprint density at radius 1 is 0.773 bits per heavy atom. The van der Waals surface area contributed by atoms with Crippen LogP contribution in [0.15, 0.2) is 12.4 Å². The average molecular weight is 309 g/mol. The zero-order valence-electron chi connectivity index (χ0n) is 14.7. The molecule has 22 heavy (non-hydrogen) atoms. The summed E-state index contributed by atoms with van der Waals surface area (Å²) in [6.07, 6.45) is 22.1. The number of rotatable bonds is 8. The van der Waals surface area contributed by atoms with Gasteiger partial charge in [-0.05, 0) is 62.2 Å². The van der Waals surface area contributed by atoms with Gasteiger partial charge in [-0.1, -0.05) is 64.4 Å². The molecule has 0 aromatic rings. The van der Waals surface area contributed by atoms with Crippen molar-refractivity contribution in [2.24, 2.45) is 23.7 Å². The Balaban J connectivity index is 1.60. The van der Waals surface area contributed by atoms with Gasteiger partial charge in [-0.25, -0.2) is 4.39 Å². The zero-order chi connectivity index (χ0) is 15.6. The van der Waals surface area contributed by atoms with E-state index in [4.69, 9.17) is 0 Å². The maximum absolute atomic E-state index is 12.0. The molecule has 0 saturated heterocycles. The molecular weight excluding hydrogens is 271 g/mol. The van der Waals surface area contributed by atoms with Crippen molar-refractivity contribution < 1.29 is 4.39 Å². The molecule has 0 bridgehead atoms. The van der Waals surface area contributed by atoms with Gasteiger partial charge in [0.05, 0.1) is 6.33 Å². The van der Waals surface area contributed by atoms with Crippen molar-refractivity contribution >= 4 is 0 Å². The number of hydrogen-bond donors (Lipinski definition) is 0. The summed E-state index contributed by atoms with van der Waals surface area (Å²) >= 11 is 0. The molecule has 0 unspecified atom stereocenters. The SMILES string of the molecule is CCCCC[C@H]1CC[C@H]([C@H]2CC[C@H](CC/C=C/F)CC2)CC1. The van der Waals surface area contributed by atoms with Crippen LogP contribution >= 0.6 is 0 Å². The van der Waals surface area contributed by atoms with Crippen molar-refractivity contribution in [3.63, 3.8) is 0 Å². The third-order valence-electron chi connectivity index (χ3n) is 6.50. The predicted octanol–water partition coefficient (Wildman–Crippen LogP) is 7.44. The molecule has 0 spiro atoms. The Morgan fingerprint density at radius 3 is 1.82 bits per heavy atom. The van der Waals surface area contributed by atoms with Crippen molar-refractivity contribution in [3.8, 4) is 0 Å². The van der Waals surface area contributed by atoms with Crippen molar-refractivity contribution in [1.29, 1.82) is 0 Å². The van der Waals surface area contributed by atoms with Crippen LogP contribution in [0.4, 0.5) is 4.39 Å². The van der Waals surface area contributed by atoms with E-state index in [0.29, 0.717) is 6.33 Å². The normalized spacial score (nSPS) is 33.4. The van der Waals surface area contributed by atoms with Crippen LogP contribution < -0.4 is 0 Å². The second-order valence-corrected chi connectivity index (χ2v) is 8.00. The van der Waals surface area contributed by atoms with Crippen molar-refractivity contribution in [2.45, 2.75) is 96.8 Å². The highest BCUT2D eigenvalue weighted by Gasteiger charge is 2.30. The molecule has 0 aromatic heterocycles. The van der Waals surface area contributed by atoms with Gasteiger partial charge in [0.25, 0.3) is 0 Å². The first kappa shape index (κ1) is 18.0. The van der Waals surface area contributed by atoms with Crippen LogP contribution in [0, 0.1) is 23.7 Å². The summed E-state index contributed by atoms with van der Waals surface area (Å²) in [4.78, 5) is 0. The summed E-state index contributed by atoms with van der Waals surface area (Å²) in [5.41, 5.74) is 0. The number of hydrogen-bond acceptors (Lipinski definition) is 0. The highest BCUT2D eigenvalue weighted by Crippen LogP contribution is 2.43. The minimum absolute atomic E-state index is 0.713. The Kier molecular flexibility index (Phi) is 8.55. The molecule has 2 aliphatic carbocycles. The molecule has 2 saturated carbocycles. The molecule has 0 atom stereocenters. The Morgan fingerprint density at radius 2 is 1.32 bits per heavy atom. The van der Waals surface area contributed by atoms with E-state index in [9.17, 15) is 4.39 Å². The summed E-state index contributed by atoms with van der Waals surface area (Å²) in [5, 5.41) is 0. The number of unbranched alkanes of at least 4 members (excludes halogenated alkanes) is 2. The van der Waals surface area contributed by atoms with Gasteiger partial charge >= 0.3 is 0 Å². The van der Waals surface area contributed by atoms with Gasteiger partial charge in [0.1, 0.15) is 0 Å². The number of halogens is 1. The van der Waals surface area contributed by atoms with E-state index in [-0.39, 0.29) is 0 Å². The van der Waals surface area contributed by atoms with Gasteiger partial charge < -0.3 is 0 Å². The van der Waals surface area contributed by atoms with E-state index in [1.54, 1.807) is 6.08 Å². The summed E-state index contributed by atoms with van der Waals surface area (Å²) < 4.78 is 12.0. The summed E-state index contributed by atoms with van der Waals surface area (Å²) in [6.45, 7) is 2.31. The van der Waals surface area contributed by atoms with Gasteiger partial charge in [-0.2, -0.15) is 0 Å².